The van der Waals surface area contributed by atoms with E-state index >= 15 is 0 Å². The highest BCUT2D eigenvalue weighted by Crippen LogP contribution is 2.26. The fourth-order valence-corrected chi connectivity index (χ4v) is 3.26. The fourth-order valence-electron chi connectivity index (χ4n) is 2.44. The molecule has 0 aliphatic rings. The van der Waals surface area contributed by atoms with Crippen LogP contribution in [0.2, 0.25) is 10.0 Å². The van der Waals surface area contributed by atoms with Crippen molar-refractivity contribution in [3.63, 3.8) is 0 Å². The number of carbonyl (C=O) groups excluding carboxylic acids is 2. The van der Waals surface area contributed by atoms with E-state index in [4.69, 9.17) is 27.9 Å². The van der Waals surface area contributed by atoms with Gasteiger partial charge in [-0.3, -0.25) is 9.59 Å². The monoisotopic (exact) mass is 519 g/mol. The molecule has 0 aliphatic heterocycles. The van der Waals surface area contributed by atoms with Crippen LogP contribution in [0, 0.1) is 0 Å². The Kier molecular flexibility index (Phi) is 8.06. The first-order valence-corrected chi connectivity index (χ1v) is 10.5. The first-order chi connectivity index (χ1) is 14.9. The number of amides is 2. The molecule has 0 heterocycles. The predicted molar refractivity (Wildman–Crippen MR) is 126 cm³/mol. The number of ether oxygens (including phenoxy) is 1. The molecule has 0 unspecified atom stereocenters. The van der Waals surface area contributed by atoms with Gasteiger partial charge < -0.3 is 10.1 Å². The molecule has 0 saturated heterocycles. The van der Waals surface area contributed by atoms with Crippen LogP contribution in [0.5, 0.6) is 5.75 Å². The summed E-state index contributed by atoms with van der Waals surface area (Å²) in [5, 5.41) is 7.63. The van der Waals surface area contributed by atoms with E-state index in [1.807, 2.05) is 0 Å². The van der Waals surface area contributed by atoms with Crippen LogP contribution in [0.1, 0.15) is 15.9 Å². The molecular formula is C22H16BrCl2N3O3. The lowest BCUT2D eigenvalue weighted by molar-refractivity contribution is -0.118. The molecule has 2 N–H and O–H groups in total. The maximum atomic E-state index is 12.1. The lowest BCUT2D eigenvalue weighted by atomic mass is 10.2. The number of anilines is 1. The summed E-state index contributed by atoms with van der Waals surface area (Å²) in [4.78, 5) is 24.1. The first kappa shape index (κ1) is 22.8. The van der Waals surface area contributed by atoms with Crippen molar-refractivity contribution in [3.8, 4) is 5.75 Å². The molecule has 31 heavy (non-hydrogen) atoms. The second-order valence-corrected chi connectivity index (χ2v) is 7.91. The highest BCUT2D eigenvalue weighted by molar-refractivity contribution is 9.10. The lowest BCUT2D eigenvalue weighted by Crippen LogP contribution is -2.20. The topological polar surface area (TPSA) is 79.8 Å². The second-order valence-electron chi connectivity index (χ2n) is 6.21. The number of hydrogen-bond donors (Lipinski definition) is 2. The van der Waals surface area contributed by atoms with E-state index in [1.165, 1.54) is 6.21 Å². The zero-order chi connectivity index (χ0) is 22.2. The van der Waals surface area contributed by atoms with E-state index in [0.29, 0.717) is 31.5 Å². The van der Waals surface area contributed by atoms with Crippen molar-refractivity contribution < 1.29 is 14.3 Å². The number of rotatable bonds is 7. The van der Waals surface area contributed by atoms with Gasteiger partial charge in [0.05, 0.1) is 21.4 Å². The van der Waals surface area contributed by atoms with Gasteiger partial charge in [0.15, 0.2) is 6.61 Å². The van der Waals surface area contributed by atoms with Crippen molar-refractivity contribution in [3.05, 3.63) is 92.4 Å². The Morgan fingerprint density at radius 2 is 1.77 bits per heavy atom. The Balaban J connectivity index is 1.52. The standard InChI is InChI=1S/C22H16BrCl2N3O3/c23-17-11-14(12-26-28-22(30)15-6-8-16(24)9-7-15)5-10-20(17)31-13-21(29)27-19-4-2-1-3-18(19)25/h1-12H,13H2,(H,27,29)(H,28,30)/b26-12+. The van der Waals surface area contributed by atoms with Crippen molar-refractivity contribution in [2.24, 2.45) is 5.10 Å². The predicted octanol–water partition coefficient (Wildman–Crippen LogP) is 5.54. The van der Waals surface area contributed by atoms with Gasteiger partial charge in [-0.2, -0.15) is 5.10 Å². The number of nitrogens with one attached hydrogen (secondary N) is 2. The average molecular weight is 521 g/mol. The van der Waals surface area contributed by atoms with Gasteiger partial charge in [0.1, 0.15) is 5.75 Å². The Bertz CT molecular complexity index is 1120. The van der Waals surface area contributed by atoms with Gasteiger partial charge >= 0.3 is 0 Å². The Hall–Kier alpha value is -2.87. The molecule has 6 nitrogen and oxygen atoms in total. The molecule has 0 aliphatic carbocycles. The molecule has 0 fully saturated rings. The zero-order valence-corrected chi connectivity index (χ0v) is 19.0. The minimum atomic E-state index is -0.350. The van der Waals surface area contributed by atoms with Gasteiger partial charge in [-0.05, 0) is 76.1 Å². The number of carbonyl (C=O) groups is 2. The summed E-state index contributed by atoms with van der Waals surface area (Å²) in [6.07, 6.45) is 1.49. The fraction of sp³-hybridized carbons (Fsp3) is 0.0455. The minimum absolute atomic E-state index is 0.186. The van der Waals surface area contributed by atoms with Crippen LogP contribution in [-0.2, 0) is 4.79 Å². The third kappa shape index (κ3) is 6.82. The van der Waals surface area contributed by atoms with Crippen molar-refractivity contribution in [2.75, 3.05) is 11.9 Å². The zero-order valence-electron chi connectivity index (χ0n) is 15.9. The highest BCUT2D eigenvalue weighted by atomic mass is 79.9. The molecule has 0 spiro atoms. The smallest absolute Gasteiger partial charge is 0.271 e. The molecule has 0 bridgehead atoms. The molecule has 2 amide bonds. The second kappa shape index (κ2) is 10.9. The summed E-state index contributed by atoms with van der Waals surface area (Å²) in [5.41, 5.74) is 4.13. The molecule has 3 aromatic rings. The molecular weight excluding hydrogens is 505 g/mol. The van der Waals surface area contributed by atoms with Crippen molar-refractivity contribution in [1.29, 1.82) is 0 Å². The van der Waals surface area contributed by atoms with E-state index in [-0.39, 0.29) is 18.4 Å². The molecule has 0 saturated carbocycles. The minimum Gasteiger partial charge on any atom is -0.483 e. The van der Waals surface area contributed by atoms with Gasteiger partial charge in [-0.1, -0.05) is 35.3 Å². The number of nitrogens with zero attached hydrogens (tertiary/aromatic N) is 1. The number of hydrogen-bond acceptors (Lipinski definition) is 4. The normalized spacial score (nSPS) is 10.7. The lowest BCUT2D eigenvalue weighted by Gasteiger charge is -2.10. The van der Waals surface area contributed by atoms with Gasteiger partial charge in [0.25, 0.3) is 11.8 Å². The summed E-state index contributed by atoms with van der Waals surface area (Å²) in [5.74, 6) is -0.205. The van der Waals surface area contributed by atoms with Crippen LogP contribution < -0.4 is 15.5 Å². The summed E-state index contributed by atoms with van der Waals surface area (Å²) in [6.45, 7) is -0.186. The van der Waals surface area contributed by atoms with E-state index in [0.717, 1.165) is 5.56 Å². The number of benzene rings is 3. The van der Waals surface area contributed by atoms with Crippen LogP contribution in [0.15, 0.2) is 76.3 Å². The third-order valence-electron chi connectivity index (χ3n) is 3.95. The molecule has 158 valence electrons. The van der Waals surface area contributed by atoms with Gasteiger partial charge in [0.2, 0.25) is 0 Å². The number of para-hydroxylation sites is 1. The van der Waals surface area contributed by atoms with Crippen LogP contribution in [-0.4, -0.2) is 24.6 Å². The summed E-state index contributed by atoms with van der Waals surface area (Å²) in [6, 6.07) is 18.6. The van der Waals surface area contributed by atoms with Crippen LogP contribution >= 0.6 is 39.1 Å². The molecule has 9 heteroatoms. The summed E-state index contributed by atoms with van der Waals surface area (Å²) >= 11 is 15.2. The Morgan fingerprint density at radius 1 is 1.03 bits per heavy atom. The summed E-state index contributed by atoms with van der Waals surface area (Å²) in [7, 11) is 0. The van der Waals surface area contributed by atoms with E-state index in [2.05, 4.69) is 31.8 Å². The molecule has 0 atom stereocenters. The van der Waals surface area contributed by atoms with Gasteiger partial charge in [-0.15, -0.1) is 0 Å². The highest BCUT2D eigenvalue weighted by Gasteiger charge is 2.09. The van der Waals surface area contributed by atoms with Crippen LogP contribution in [0.3, 0.4) is 0 Å². The number of halogens is 3. The van der Waals surface area contributed by atoms with E-state index in [1.54, 1.807) is 66.7 Å². The summed E-state index contributed by atoms with van der Waals surface area (Å²) < 4.78 is 6.18. The Morgan fingerprint density at radius 3 is 2.48 bits per heavy atom. The number of hydrazone groups is 1. The quantitative estimate of drug-likeness (QED) is 0.317. The van der Waals surface area contributed by atoms with E-state index < -0.39 is 0 Å². The molecule has 0 aromatic heterocycles. The maximum absolute atomic E-state index is 12.1. The van der Waals surface area contributed by atoms with E-state index in [9.17, 15) is 9.59 Å². The van der Waals surface area contributed by atoms with Crippen molar-refractivity contribution in [1.82, 2.24) is 5.43 Å². The van der Waals surface area contributed by atoms with Crippen LogP contribution in [0.4, 0.5) is 5.69 Å². The van der Waals surface area contributed by atoms with Gasteiger partial charge in [0, 0.05) is 10.6 Å². The Labute approximate surface area is 197 Å². The molecule has 3 rings (SSSR count). The molecule has 3 aromatic carbocycles. The molecule has 0 radical (unpaired) electrons. The van der Waals surface area contributed by atoms with Crippen molar-refractivity contribution >= 4 is 62.8 Å². The van der Waals surface area contributed by atoms with Gasteiger partial charge in [-0.25, -0.2) is 5.43 Å². The first-order valence-electron chi connectivity index (χ1n) is 8.98. The van der Waals surface area contributed by atoms with Crippen LogP contribution in [0.25, 0.3) is 0 Å². The maximum Gasteiger partial charge on any atom is 0.271 e. The third-order valence-corrected chi connectivity index (χ3v) is 5.15. The SMILES string of the molecule is O=C(COc1ccc(/C=N/NC(=O)c2ccc(Cl)cc2)cc1Br)Nc1ccccc1Cl. The largest absolute Gasteiger partial charge is 0.483 e. The van der Waals surface area contributed by atoms with Crippen molar-refractivity contribution in [2.45, 2.75) is 0 Å². The average Bonchev–Trinajstić information content (AvgIpc) is 2.75.